The number of halogens is 2. The molecule has 0 N–H and O–H groups in total. The smallest absolute Gasteiger partial charge is 0.793 e. The molecule has 0 bridgehead atoms. The van der Waals surface area contributed by atoms with Gasteiger partial charge in [-0.15, -0.1) is 114 Å². The third-order valence-electron chi connectivity index (χ3n) is 17.3. The molecule has 3 nitrogen and oxygen atoms in total. The first-order valence-corrected chi connectivity index (χ1v) is 42.3. The molecule has 13 rings (SSSR count). The molecule has 122 heavy (non-hydrogen) atoms. The van der Waals surface area contributed by atoms with E-state index in [1.54, 1.807) is 13.8 Å². The fourth-order valence-electron chi connectivity index (χ4n) is 11.2. The van der Waals surface area contributed by atoms with E-state index < -0.39 is 0 Å². The van der Waals surface area contributed by atoms with Gasteiger partial charge in [0.05, 0.1) is 10.3 Å². The summed E-state index contributed by atoms with van der Waals surface area (Å²) in [5.74, 6) is 17.3. The van der Waals surface area contributed by atoms with Crippen molar-refractivity contribution in [2.75, 3.05) is 5.34 Å². The number of alkyl halides is 2. The summed E-state index contributed by atoms with van der Waals surface area (Å²) in [5.41, 5.74) is 20.1. The first-order chi connectivity index (χ1) is 58.0. The van der Waals surface area contributed by atoms with E-state index in [-0.39, 0.29) is 63.2 Å². The largest absolute Gasteiger partial charge is 4.00 e. The molecule has 0 heterocycles. The van der Waals surface area contributed by atoms with Crippen LogP contribution in [0.2, 0.25) is 0 Å². The molecular formula is C113H122Cl2N3S2Zr2-5. The summed E-state index contributed by atoms with van der Waals surface area (Å²) in [4.78, 5) is 5.65. The number of para-hydroxylation sites is 1. The average molecular weight is 1840 g/mol. The van der Waals surface area contributed by atoms with E-state index >= 15 is 0 Å². The quantitative estimate of drug-likeness (QED) is 0.0298. The standard InChI is InChI=1S/C28H33NS.C27H33N2S.C8H6.7C7H7.CH2Cl2.2Zr/c1-21(2)25-16-11-17-26(22(3)4)27(25)18-28(30)29(19-23-12-7-5-8-13-23)20-24-14-9-6-10-15-24;1-20(2)24-16-11-17-25(21(3)4)26(24)28-27(30)29(18-22-12-7-5-8-13-22)19-23-14-9-6-10-15-23;1-3-5-7-8-6-4-2;7*1-7-5-3-2-4-6-7;2-1-3;;/h5-17,21-22H,18-20H2,1-4H3;5-17,20-21,27,30H,18-19H2,1-4H3;1-2H3;7*2-6H,1H2;1H2;;/q;-1;;7*-1;;;+4/p-1. The Balaban J connectivity index is 0.000000732. The van der Waals surface area contributed by atoms with E-state index in [9.17, 15) is 0 Å². The Labute approximate surface area is 798 Å². The molecule has 0 saturated heterocycles. The van der Waals surface area contributed by atoms with Crippen molar-refractivity contribution in [3.8, 4) is 35.5 Å². The van der Waals surface area contributed by atoms with E-state index in [1.807, 2.05) is 224 Å². The van der Waals surface area contributed by atoms with Crippen molar-refractivity contribution in [3.05, 3.63) is 513 Å². The van der Waals surface area contributed by atoms with Gasteiger partial charge in [-0.3, -0.25) is 0 Å². The maximum absolute atomic E-state index is 6.07. The van der Waals surface area contributed by atoms with Gasteiger partial charge in [0.2, 0.25) is 0 Å². The molecule has 13 aromatic carbocycles. The molecule has 628 valence electrons. The Bertz CT molecular complexity index is 4390. The minimum Gasteiger partial charge on any atom is -0.793 e. The third-order valence-corrected chi connectivity index (χ3v) is 18.1. The number of benzene rings is 13. The maximum Gasteiger partial charge on any atom is 4.00 e. The molecular weight excluding hydrogens is 1720 g/mol. The molecule has 1 atom stereocenters. The Morgan fingerprint density at radius 2 is 0.516 bits per heavy atom. The van der Waals surface area contributed by atoms with Gasteiger partial charge in [0.25, 0.3) is 0 Å². The fraction of sp³-hybridized carbons (Fsp3) is 0.186. The first kappa shape index (κ1) is 110. The number of hydrogen-bond donors (Lipinski definition) is 0. The van der Waals surface area contributed by atoms with Gasteiger partial charge in [-0.2, -0.15) is 178 Å². The van der Waals surface area contributed by atoms with Crippen LogP contribution in [0.1, 0.15) is 182 Å². The Kier molecular flexibility index (Phi) is 62.6. The van der Waals surface area contributed by atoms with Gasteiger partial charge in [-0.1, -0.05) is 291 Å². The monoisotopic (exact) mass is 1830 g/mol. The second-order valence-corrected chi connectivity index (χ2v) is 30.2. The molecule has 13 aromatic rings. The van der Waals surface area contributed by atoms with Crippen molar-refractivity contribution in [1.29, 1.82) is 0 Å². The summed E-state index contributed by atoms with van der Waals surface area (Å²) in [5, 5.41) is 5.33. The Hall–Kier alpha value is -10.0. The van der Waals surface area contributed by atoms with Crippen molar-refractivity contribution in [3.63, 3.8) is 0 Å². The third kappa shape index (κ3) is 51.7. The Morgan fingerprint density at radius 1 is 0.320 bits per heavy atom. The van der Waals surface area contributed by atoms with Gasteiger partial charge >= 0.3 is 26.2 Å². The molecule has 1 unspecified atom stereocenters. The van der Waals surface area contributed by atoms with E-state index in [4.69, 9.17) is 53.4 Å². The van der Waals surface area contributed by atoms with E-state index in [2.05, 4.69) is 295 Å². The maximum atomic E-state index is 6.07. The van der Waals surface area contributed by atoms with Crippen LogP contribution < -0.4 is 0 Å². The van der Waals surface area contributed by atoms with Crippen LogP contribution in [0.3, 0.4) is 0 Å². The minimum atomic E-state index is -0.345. The topological polar surface area (TPSA) is 20.6 Å². The van der Waals surface area contributed by atoms with Crippen LogP contribution in [-0.2, 0) is 97.6 Å². The van der Waals surface area contributed by atoms with Gasteiger partial charge in [0.15, 0.2) is 0 Å². The zero-order chi connectivity index (χ0) is 87.8. The van der Waals surface area contributed by atoms with Crippen LogP contribution in [-0.4, -0.2) is 25.6 Å². The summed E-state index contributed by atoms with van der Waals surface area (Å²) in [6.07, 6.45) is 0.816. The fourth-order valence-corrected chi connectivity index (χ4v) is 11.8. The average Bonchev–Trinajstić information content (AvgIpc) is 0.817. The van der Waals surface area contributed by atoms with E-state index in [0.29, 0.717) is 23.7 Å². The molecule has 9 heteroatoms. The predicted octanol–water partition coefficient (Wildman–Crippen LogP) is 30.5. The molecule has 0 aliphatic heterocycles. The van der Waals surface area contributed by atoms with Crippen molar-refractivity contribution < 1.29 is 52.4 Å². The van der Waals surface area contributed by atoms with Gasteiger partial charge < -0.3 is 27.7 Å². The number of rotatable bonds is 17. The number of hydrogen-bond acceptors (Lipinski definition) is 3. The molecule has 0 aliphatic rings. The van der Waals surface area contributed by atoms with Gasteiger partial charge in [0.1, 0.15) is 0 Å². The molecule has 0 aliphatic carbocycles. The van der Waals surface area contributed by atoms with Crippen LogP contribution in [0, 0.1) is 84.0 Å². The van der Waals surface area contributed by atoms with Crippen LogP contribution >= 0.6 is 35.4 Å². The normalized spacial score (nSPS) is 9.66. The van der Waals surface area contributed by atoms with E-state index in [1.165, 1.54) is 50.1 Å². The summed E-state index contributed by atoms with van der Waals surface area (Å²) in [6.45, 7) is 50.7. The zero-order valence-electron chi connectivity index (χ0n) is 73.2. The number of thiocarbonyl (C=S) groups is 1. The van der Waals surface area contributed by atoms with E-state index in [0.717, 1.165) is 82.2 Å². The molecule has 0 fully saturated rings. The van der Waals surface area contributed by atoms with Gasteiger partial charge in [-0.05, 0) is 100 Å². The SMILES string of the molecule is CC#CC#CC#CC.CC(C)c1cccc(C(C)C)c1CC(=S)N(Cc1ccccc1)Cc1ccccc1.CC(C)c1cccc(C(C)C)c1[N-]C([S-])N(Cc1ccccc1)Cc1ccccc1.ClCCl.[CH2-]c1ccccc1.[CH2-]c1ccccc1.[CH2-]c1ccccc1.[CH2-]c1ccccc1.[CH2-]c1ccccc1.[CH2-]c1ccccc1.[CH2-]c1ccccc1.[Zr+4].[Zr]. The van der Waals surface area contributed by atoms with Crippen LogP contribution in [0.4, 0.5) is 5.69 Å². The second kappa shape index (κ2) is 69.5. The van der Waals surface area contributed by atoms with Crippen molar-refractivity contribution in [2.45, 2.75) is 131 Å². The molecule has 0 saturated carbocycles. The summed E-state index contributed by atoms with van der Waals surface area (Å²) >= 11 is 21.6. The van der Waals surface area contributed by atoms with Crippen molar-refractivity contribution >= 4 is 58.7 Å². The van der Waals surface area contributed by atoms with Gasteiger partial charge in [0, 0.05) is 58.8 Å². The molecule has 0 amide bonds. The first-order valence-electron chi connectivity index (χ1n) is 40.3. The second-order valence-electron chi connectivity index (χ2n) is 28.5. The van der Waals surface area contributed by atoms with Crippen molar-refractivity contribution in [1.82, 2.24) is 9.80 Å². The molecule has 0 spiro atoms. The molecule has 0 aromatic heterocycles. The number of nitrogens with zero attached hydrogens (tertiary/aromatic N) is 3. The predicted molar refractivity (Wildman–Crippen MR) is 532 cm³/mol. The Morgan fingerprint density at radius 3 is 0.705 bits per heavy atom. The summed E-state index contributed by atoms with van der Waals surface area (Å²) in [6, 6.07) is 125. The van der Waals surface area contributed by atoms with Crippen LogP contribution in [0.15, 0.2) is 370 Å². The van der Waals surface area contributed by atoms with Crippen LogP contribution in [0.5, 0.6) is 0 Å². The minimum absolute atomic E-state index is 0. The molecule has 0 radical (unpaired) electrons. The summed E-state index contributed by atoms with van der Waals surface area (Å²) < 4.78 is 0. The van der Waals surface area contributed by atoms with Crippen LogP contribution in [0.25, 0.3) is 5.32 Å². The summed E-state index contributed by atoms with van der Waals surface area (Å²) in [7, 11) is 0. The van der Waals surface area contributed by atoms with Crippen molar-refractivity contribution in [2.24, 2.45) is 0 Å². The zero-order valence-corrected chi connectivity index (χ0v) is 81.3. The van der Waals surface area contributed by atoms with Gasteiger partial charge in [-0.25, -0.2) is 0 Å².